The van der Waals surface area contributed by atoms with Crippen LogP contribution in [0.5, 0.6) is 0 Å². The van der Waals surface area contributed by atoms with Crippen LogP contribution in [0.1, 0.15) is 23.2 Å². The number of rotatable bonds is 6. The van der Waals surface area contributed by atoms with E-state index in [4.69, 9.17) is 4.74 Å². The third kappa shape index (κ3) is 4.06. The number of benzene rings is 1. The van der Waals surface area contributed by atoms with E-state index in [0.717, 1.165) is 12.0 Å². The Bertz CT molecular complexity index is 306. The van der Waals surface area contributed by atoms with Crippen molar-refractivity contribution in [2.24, 2.45) is 0 Å². The highest BCUT2D eigenvalue weighted by Crippen LogP contribution is 2.15. The second kappa shape index (κ2) is 6.64. The van der Waals surface area contributed by atoms with E-state index in [-0.39, 0.29) is 5.78 Å². The Morgan fingerprint density at radius 2 is 2.00 bits per heavy atom. The molecule has 0 atom stereocenters. The Labute approximate surface area is 95.0 Å². The van der Waals surface area contributed by atoms with Crippen molar-refractivity contribution in [2.45, 2.75) is 17.7 Å². The van der Waals surface area contributed by atoms with Gasteiger partial charge in [0.25, 0.3) is 0 Å². The Kier molecular flexibility index (Phi) is 5.43. The zero-order valence-electron chi connectivity index (χ0n) is 9.16. The van der Waals surface area contributed by atoms with Crippen LogP contribution in [0.2, 0.25) is 0 Å². The van der Waals surface area contributed by atoms with Gasteiger partial charge in [0.05, 0.1) is 0 Å². The van der Waals surface area contributed by atoms with Gasteiger partial charge in [0, 0.05) is 30.6 Å². The Morgan fingerprint density at radius 3 is 2.53 bits per heavy atom. The molecule has 0 aliphatic rings. The Balaban J connectivity index is 2.50. The van der Waals surface area contributed by atoms with E-state index in [1.165, 1.54) is 4.90 Å². The number of methoxy groups -OCH3 is 1. The number of carbonyl (C=O) groups is 1. The van der Waals surface area contributed by atoms with Crippen LogP contribution in [-0.2, 0) is 4.74 Å². The van der Waals surface area contributed by atoms with Gasteiger partial charge in [-0.05, 0) is 24.8 Å². The smallest absolute Gasteiger partial charge is 0.162 e. The second-order valence-corrected chi connectivity index (χ2v) is 4.13. The monoisotopic (exact) mass is 224 g/mol. The van der Waals surface area contributed by atoms with Gasteiger partial charge in [0.1, 0.15) is 0 Å². The molecule has 0 radical (unpaired) electrons. The van der Waals surface area contributed by atoms with E-state index in [2.05, 4.69) is 0 Å². The van der Waals surface area contributed by atoms with Gasteiger partial charge in [-0.15, -0.1) is 11.8 Å². The summed E-state index contributed by atoms with van der Waals surface area (Å²) in [6.07, 6.45) is 3.38. The summed E-state index contributed by atoms with van der Waals surface area (Å²) in [7, 11) is 1.65. The summed E-state index contributed by atoms with van der Waals surface area (Å²) < 4.78 is 4.91. The largest absolute Gasteiger partial charge is 0.385 e. The average Bonchev–Trinajstić information content (AvgIpc) is 2.29. The number of hydrogen-bond donors (Lipinski definition) is 0. The van der Waals surface area contributed by atoms with Crippen molar-refractivity contribution >= 4 is 17.5 Å². The third-order valence-corrected chi connectivity index (χ3v) is 2.91. The fourth-order valence-corrected chi connectivity index (χ4v) is 1.71. The van der Waals surface area contributed by atoms with E-state index in [1.807, 2.05) is 30.5 Å². The lowest BCUT2D eigenvalue weighted by Crippen LogP contribution is -2.00. The lowest BCUT2D eigenvalue weighted by Gasteiger charge is -2.01. The fraction of sp³-hybridized carbons (Fsp3) is 0.417. The van der Waals surface area contributed by atoms with Crippen LogP contribution in [0.25, 0.3) is 0 Å². The molecule has 0 aliphatic heterocycles. The van der Waals surface area contributed by atoms with E-state index in [0.29, 0.717) is 13.0 Å². The molecule has 0 heterocycles. The van der Waals surface area contributed by atoms with Crippen molar-refractivity contribution in [2.75, 3.05) is 20.0 Å². The van der Waals surface area contributed by atoms with Gasteiger partial charge >= 0.3 is 0 Å². The molecule has 1 aromatic rings. The first-order valence-electron chi connectivity index (χ1n) is 4.94. The predicted molar refractivity (Wildman–Crippen MR) is 63.7 cm³/mol. The van der Waals surface area contributed by atoms with Gasteiger partial charge in [0.2, 0.25) is 0 Å². The molecule has 1 rings (SSSR count). The lowest BCUT2D eigenvalue weighted by molar-refractivity contribution is 0.0963. The summed E-state index contributed by atoms with van der Waals surface area (Å²) in [4.78, 5) is 12.8. The molecule has 0 N–H and O–H groups in total. The molecule has 0 bridgehead atoms. The first-order valence-corrected chi connectivity index (χ1v) is 6.16. The van der Waals surface area contributed by atoms with Gasteiger partial charge in [-0.3, -0.25) is 4.79 Å². The highest BCUT2D eigenvalue weighted by Gasteiger charge is 2.04. The van der Waals surface area contributed by atoms with Crippen LogP contribution < -0.4 is 0 Å². The molecule has 1 aromatic carbocycles. The summed E-state index contributed by atoms with van der Waals surface area (Å²) in [6, 6.07) is 7.74. The van der Waals surface area contributed by atoms with Crippen molar-refractivity contribution < 1.29 is 9.53 Å². The summed E-state index contributed by atoms with van der Waals surface area (Å²) in [6.45, 7) is 0.647. The normalized spacial score (nSPS) is 10.3. The van der Waals surface area contributed by atoms with Crippen LogP contribution >= 0.6 is 11.8 Å². The molecule has 2 nitrogen and oxygen atoms in total. The van der Waals surface area contributed by atoms with Crippen molar-refractivity contribution in [3.05, 3.63) is 29.8 Å². The molecule has 82 valence electrons. The number of ketones is 1. The van der Waals surface area contributed by atoms with E-state index in [9.17, 15) is 4.79 Å². The molecule has 0 saturated carbocycles. The fourth-order valence-electron chi connectivity index (χ4n) is 1.30. The van der Waals surface area contributed by atoms with Crippen molar-refractivity contribution in [1.29, 1.82) is 0 Å². The minimum atomic E-state index is 0.194. The molecular formula is C12H16O2S. The van der Waals surface area contributed by atoms with Crippen molar-refractivity contribution in [3.8, 4) is 0 Å². The van der Waals surface area contributed by atoms with Crippen LogP contribution in [0.15, 0.2) is 29.2 Å². The average molecular weight is 224 g/mol. The van der Waals surface area contributed by atoms with E-state index >= 15 is 0 Å². The minimum Gasteiger partial charge on any atom is -0.385 e. The number of carbonyl (C=O) groups excluding carboxylic acids is 1. The van der Waals surface area contributed by atoms with Crippen LogP contribution in [0, 0.1) is 0 Å². The third-order valence-electron chi connectivity index (χ3n) is 2.16. The quantitative estimate of drug-likeness (QED) is 0.422. The summed E-state index contributed by atoms with van der Waals surface area (Å²) in [5, 5.41) is 0. The van der Waals surface area contributed by atoms with Crippen molar-refractivity contribution in [1.82, 2.24) is 0 Å². The zero-order chi connectivity index (χ0) is 11.1. The van der Waals surface area contributed by atoms with Crippen LogP contribution in [0.3, 0.4) is 0 Å². The van der Waals surface area contributed by atoms with Crippen molar-refractivity contribution in [3.63, 3.8) is 0 Å². The Hall–Kier alpha value is -0.800. The van der Waals surface area contributed by atoms with Gasteiger partial charge in [-0.25, -0.2) is 0 Å². The highest BCUT2D eigenvalue weighted by molar-refractivity contribution is 7.98. The molecule has 0 fully saturated rings. The maximum absolute atomic E-state index is 11.7. The second-order valence-electron chi connectivity index (χ2n) is 3.25. The summed E-state index contributed by atoms with van der Waals surface area (Å²) in [5.74, 6) is 0.194. The molecule has 0 aromatic heterocycles. The van der Waals surface area contributed by atoms with Crippen LogP contribution in [-0.4, -0.2) is 25.8 Å². The number of hydrogen-bond acceptors (Lipinski definition) is 3. The molecule has 0 aliphatic carbocycles. The molecule has 0 unspecified atom stereocenters. The summed E-state index contributed by atoms with van der Waals surface area (Å²) in [5.41, 5.74) is 0.795. The topological polar surface area (TPSA) is 26.3 Å². The summed E-state index contributed by atoms with van der Waals surface area (Å²) >= 11 is 1.68. The SMILES string of the molecule is COCCCC(=O)c1ccc(SC)cc1. The number of ether oxygens (including phenoxy) is 1. The number of Topliss-reactive ketones (excluding diaryl/α,β-unsaturated/α-hetero) is 1. The highest BCUT2D eigenvalue weighted by atomic mass is 32.2. The molecule has 0 saturated heterocycles. The van der Waals surface area contributed by atoms with Gasteiger partial charge < -0.3 is 4.74 Å². The predicted octanol–water partition coefficient (Wildman–Crippen LogP) is 3.02. The number of thioether (sulfide) groups is 1. The van der Waals surface area contributed by atoms with E-state index in [1.54, 1.807) is 18.9 Å². The first kappa shape index (κ1) is 12.3. The lowest BCUT2D eigenvalue weighted by atomic mass is 10.1. The molecule has 0 amide bonds. The Morgan fingerprint density at radius 1 is 1.33 bits per heavy atom. The standard InChI is InChI=1S/C12H16O2S/c1-14-9-3-4-12(13)10-5-7-11(15-2)8-6-10/h5-8H,3-4,9H2,1-2H3. The van der Waals surface area contributed by atoms with Gasteiger partial charge in [0.15, 0.2) is 5.78 Å². The van der Waals surface area contributed by atoms with Crippen LogP contribution in [0.4, 0.5) is 0 Å². The maximum atomic E-state index is 11.7. The molecule has 15 heavy (non-hydrogen) atoms. The first-order chi connectivity index (χ1) is 7.27. The maximum Gasteiger partial charge on any atom is 0.162 e. The zero-order valence-corrected chi connectivity index (χ0v) is 9.97. The molecular weight excluding hydrogens is 208 g/mol. The minimum absolute atomic E-state index is 0.194. The van der Waals surface area contributed by atoms with Gasteiger partial charge in [-0.1, -0.05) is 12.1 Å². The molecule has 0 spiro atoms. The molecule has 3 heteroatoms. The van der Waals surface area contributed by atoms with Gasteiger partial charge in [-0.2, -0.15) is 0 Å². The van der Waals surface area contributed by atoms with E-state index < -0.39 is 0 Å².